The Morgan fingerprint density at radius 1 is 1.38 bits per heavy atom. The number of carbonyl (C=O) groups is 1. The van der Waals surface area contributed by atoms with E-state index in [1.54, 1.807) is 0 Å². The van der Waals surface area contributed by atoms with Crippen LogP contribution >= 0.6 is 0 Å². The molecule has 0 aromatic heterocycles. The van der Waals surface area contributed by atoms with Gasteiger partial charge in [-0.3, -0.25) is 0 Å². The maximum Gasteiger partial charge on any atom is 0.339 e. The second kappa shape index (κ2) is 5.00. The second-order valence-electron chi connectivity index (χ2n) is 2.08. The zero-order valence-electron chi connectivity index (χ0n) is 7.19. The van der Waals surface area contributed by atoms with Gasteiger partial charge in [0.05, 0.1) is 0 Å². The van der Waals surface area contributed by atoms with E-state index < -0.39 is 5.97 Å². The van der Waals surface area contributed by atoms with E-state index in [4.69, 9.17) is 15.9 Å². The van der Waals surface area contributed by atoms with Crippen LogP contribution in [0, 0.1) is 0 Å². The van der Waals surface area contributed by atoms with Crippen LogP contribution < -0.4 is 11.5 Å². The molecule has 13 heavy (non-hydrogen) atoms. The minimum Gasteiger partial charge on any atom is -0.507 e. The first-order valence-corrected chi connectivity index (χ1v) is 3.51. The van der Waals surface area contributed by atoms with Crippen LogP contribution in [0.25, 0.3) is 0 Å². The maximum absolute atomic E-state index is 10.4. The van der Waals surface area contributed by atoms with Gasteiger partial charge in [0.25, 0.3) is 0 Å². The summed E-state index contributed by atoms with van der Waals surface area (Å²) >= 11 is 0. The van der Waals surface area contributed by atoms with Crippen molar-refractivity contribution in [1.82, 2.24) is 0 Å². The molecular formula is C8H12N2O3. The monoisotopic (exact) mass is 184 g/mol. The molecule has 0 aliphatic carbocycles. The summed E-state index contributed by atoms with van der Waals surface area (Å²) in [6.45, 7) is 0. The minimum atomic E-state index is -1.19. The Labute approximate surface area is 75.6 Å². The molecule has 5 heteroatoms. The van der Waals surface area contributed by atoms with Crippen molar-refractivity contribution in [1.29, 1.82) is 0 Å². The first-order chi connectivity index (χ1) is 6.11. The topological polar surface area (TPSA) is 110 Å². The molecule has 0 unspecified atom stereocenters. The van der Waals surface area contributed by atoms with Crippen molar-refractivity contribution in [2.24, 2.45) is 5.73 Å². The quantitative estimate of drug-likeness (QED) is 0.369. The van der Waals surface area contributed by atoms with Gasteiger partial charge in [0, 0.05) is 5.69 Å². The van der Waals surface area contributed by atoms with E-state index in [1.807, 2.05) is 0 Å². The van der Waals surface area contributed by atoms with Crippen molar-refractivity contribution in [2.75, 3.05) is 12.8 Å². The molecule has 0 atom stereocenters. The Morgan fingerprint density at radius 2 is 1.92 bits per heavy atom. The van der Waals surface area contributed by atoms with Gasteiger partial charge >= 0.3 is 5.97 Å². The standard InChI is InChI=1S/C7H7NO3.CH5N/c8-4-1-2-6(9)5(3-4)7(10)11;1-2/h1-3,9H,8H2,(H,10,11);2H2,1H3. The molecule has 0 aliphatic rings. The number of nitrogen functional groups attached to an aromatic ring is 1. The lowest BCUT2D eigenvalue weighted by atomic mass is 10.2. The number of nitrogens with two attached hydrogens (primary N) is 2. The van der Waals surface area contributed by atoms with Gasteiger partial charge < -0.3 is 21.7 Å². The van der Waals surface area contributed by atoms with Gasteiger partial charge in [-0.25, -0.2) is 4.79 Å². The average molecular weight is 184 g/mol. The van der Waals surface area contributed by atoms with Crippen LogP contribution in [-0.2, 0) is 0 Å². The number of carboxylic acids is 1. The van der Waals surface area contributed by atoms with E-state index in [-0.39, 0.29) is 11.3 Å². The fourth-order valence-corrected chi connectivity index (χ4v) is 0.725. The molecular weight excluding hydrogens is 172 g/mol. The number of hydrogen-bond donors (Lipinski definition) is 4. The maximum atomic E-state index is 10.4. The molecule has 0 saturated carbocycles. The molecule has 0 saturated heterocycles. The zero-order valence-corrected chi connectivity index (χ0v) is 7.19. The van der Waals surface area contributed by atoms with Gasteiger partial charge in [0.1, 0.15) is 11.3 Å². The smallest absolute Gasteiger partial charge is 0.339 e. The molecule has 0 radical (unpaired) electrons. The Morgan fingerprint density at radius 3 is 2.31 bits per heavy atom. The molecule has 0 fully saturated rings. The number of aromatic carboxylic acids is 1. The largest absolute Gasteiger partial charge is 0.507 e. The third-order valence-corrected chi connectivity index (χ3v) is 1.25. The number of rotatable bonds is 1. The fourth-order valence-electron chi connectivity index (χ4n) is 0.725. The summed E-state index contributed by atoms with van der Waals surface area (Å²) in [5.41, 5.74) is 9.93. The molecule has 1 aromatic carbocycles. The molecule has 0 spiro atoms. The molecule has 0 amide bonds. The highest BCUT2D eigenvalue weighted by molar-refractivity contribution is 5.91. The number of aromatic hydroxyl groups is 1. The average Bonchev–Trinajstić information content (AvgIpc) is 2.12. The molecule has 72 valence electrons. The van der Waals surface area contributed by atoms with Gasteiger partial charge in [-0.2, -0.15) is 0 Å². The van der Waals surface area contributed by atoms with Crippen molar-refractivity contribution >= 4 is 11.7 Å². The molecule has 1 rings (SSSR count). The van der Waals surface area contributed by atoms with E-state index in [1.165, 1.54) is 25.2 Å². The van der Waals surface area contributed by atoms with Gasteiger partial charge in [-0.1, -0.05) is 0 Å². The summed E-state index contributed by atoms with van der Waals surface area (Å²) < 4.78 is 0. The van der Waals surface area contributed by atoms with Crippen LogP contribution in [0.2, 0.25) is 0 Å². The van der Waals surface area contributed by atoms with E-state index in [9.17, 15) is 4.79 Å². The lowest BCUT2D eigenvalue weighted by Gasteiger charge is -1.98. The van der Waals surface area contributed by atoms with Gasteiger partial charge in [-0.15, -0.1) is 0 Å². The van der Waals surface area contributed by atoms with Crippen molar-refractivity contribution in [3.05, 3.63) is 23.8 Å². The summed E-state index contributed by atoms with van der Waals surface area (Å²) in [6, 6.07) is 3.89. The molecule has 5 nitrogen and oxygen atoms in total. The third kappa shape index (κ3) is 3.00. The van der Waals surface area contributed by atoms with Crippen LogP contribution in [0.1, 0.15) is 10.4 Å². The molecule has 0 bridgehead atoms. The summed E-state index contributed by atoms with van der Waals surface area (Å²) in [7, 11) is 1.50. The Kier molecular flexibility index (Phi) is 4.32. The molecule has 1 aromatic rings. The van der Waals surface area contributed by atoms with E-state index in [2.05, 4.69) is 5.73 Å². The van der Waals surface area contributed by atoms with Crippen LogP contribution in [-0.4, -0.2) is 23.2 Å². The Bertz CT molecular complexity index is 299. The van der Waals surface area contributed by atoms with E-state index >= 15 is 0 Å². The predicted molar refractivity (Wildman–Crippen MR) is 49.6 cm³/mol. The number of benzene rings is 1. The van der Waals surface area contributed by atoms with Gasteiger partial charge in [0.2, 0.25) is 0 Å². The van der Waals surface area contributed by atoms with E-state index in [0.717, 1.165) is 0 Å². The minimum absolute atomic E-state index is 0.176. The summed E-state index contributed by atoms with van der Waals surface area (Å²) in [4.78, 5) is 10.4. The van der Waals surface area contributed by atoms with Crippen LogP contribution in [0.4, 0.5) is 5.69 Å². The lowest BCUT2D eigenvalue weighted by molar-refractivity contribution is 0.0694. The number of anilines is 1. The highest BCUT2D eigenvalue weighted by atomic mass is 16.4. The highest BCUT2D eigenvalue weighted by Gasteiger charge is 2.08. The number of hydrogen-bond acceptors (Lipinski definition) is 4. The van der Waals surface area contributed by atoms with Crippen molar-refractivity contribution in [3.63, 3.8) is 0 Å². The van der Waals surface area contributed by atoms with Crippen LogP contribution in [0.15, 0.2) is 18.2 Å². The normalized spacial score (nSPS) is 8.46. The van der Waals surface area contributed by atoms with Crippen molar-refractivity contribution in [2.45, 2.75) is 0 Å². The van der Waals surface area contributed by atoms with Gasteiger partial charge in [-0.05, 0) is 25.2 Å². The molecule has 0 aliphatic heterocycles. The second-order valence-corrected chi connectivity index (χ2v) is 2.08. The molecule has 0 heterocycles. The molecule has 6 N–H and O–H groups in total. The van der Waals surface area contributed by atoms with Gasteiger partial charge in [0.15, 0.2) is 0 Å². The number of phenols is 1. The van der Waals surface area contributed by atoms with Crippen LogP contribution in [0.3, 0.4) is 0 Å². The first-order valence-electron chi connectivity index (χ1n) is 3.51. The summed E-state index contributed by atoms with van der Waals surface area (Å²) in [5, 5.41) is 17.4. The summed E-state index contributed by atoms with van der Waals surface area (Å²) in [6.07, 6.45) is 0. The van der Waals surface area contributed by atoms with Crippen molar-refractivity contribution < 1.29 is 15.0 Å². The predicted octanol–water partition coefficient (Wildman–Crippen LogP) is 0.247. The van der Waals surface area contributed by atoms with E-state index in [0.29, 0.717) is 5.69 Å². The Hall–Kier alpha value is -1.75. The zero-order chi connectivity index (χ0) is 10.4. The number of carboxylic acid groups (broad SMARTS) is 1. The van der Waals surface area contributed by atoms with Crippen LogP contribution in [0.5, 0.6) is 5.75 Å². The third-order valence-electron chi connectivity index (χ3n) is 1.25. The highest BCUT2D eigenvalue weighted by Crippen LogP contribution is 2.18. The SMILES string of the molecule is CN.Nc1ccc(O)c(C(=O)O)c1. The fraction of sp³-hybridized carbons (Fsp3) is 0.125. The van der Waals surface area contributed by atoms with Crippen molar-refractivity contribution in [3.8, 4) is 5.75 Å². The first kappa shape index (κ1) is 11.2. The summed E-state index contributed by atoms with van der Waals surface area (Å²) in [5.74, 6) is -1.46. The Balaban J connectivity index is 0.000000671. The lowest BCUT2D eigenvalue weighted by Crippen LogP contribution is -1.97.